The Kier molecular flexibility index (Phi) is 6.12. The maximum absolute atomic E-state index is 11.7. The van der Waals surface area contributed by atoms with Crippen molar-refractivity contribution in [3.8, 4) is 11.4 Å². The highest BCUT2D eigenvalue weighted by atomic mass is 16.4. The van der Waals surface area contributed by atoms with Crippen molar-refractivity contribution >= 4 is 23.0 Å². The van der Waals surface area contributed by atoms with Crippen LogP contribution in [0.2, 0.25) is 0 Å². The number of amides is 2. The predicted octanol–water partition coefficient (Wildman–Crippen LogP) is 3.98. The number of nitrogens with two attached hydrogens (primary N) is 1. The maximum atomic E-state index is 11.7. The molecule has 0 aliphatic carbocycles. The van der Waals surface area contributed by atoms with E-state index in [0.717, 1.165) is 42.6 Å². The molecular weight excluding hydrogens is 418 g/mol. The fourth-order valence-electron chi connectivity index (χ4n) is 4.82. The molecular formula is C25H31N5O3. The van der Waals surface area contributed by atoms with E-state index in [1.807, 2.05) is 18.2 Å². The molecule has 174 valence electrons. The molecule has 0 saturated carbocycles. The van der Waals surface area contributed by atoms with Gasteiger partial charge in [0.1, 0.15) is 11.3 Å². The van der Waals surface area contributed by atoms with Crippen LogP contribution in [0.1, 0.15) is 49.5 Å². The van der Waals surface area contributed by atoms with Crippen molar-refractivity contribution in [3.05, 3.63) is 53.6 Å². The number of carbonyl (C=O) groups is 2. The van der Waals surface area contributed by atoms with Gasteiger partial charge in [-0.15, -0.1) is 0 Å². The number of hydrogen-bond acceptors (Lipinski definition) is 4. The van der Waals surface area contributed by atoms with Gasteiger partial charge in [0.2, 0.25) is 0 Å². The second-order valence-electron chi connectivity index (χ2n) is 9.82. The number of carboxylic acid groups (broad SMARTS) is 1. The van der Waals surface area contributed by atoms with Gasteiger partial charge in [0, 0.05) is 18.2 Å². The van der Waals surface area contributed by atoms with Crippen LogP contribution in [0, 0.1) is 5.41 Å². The minimum Gasteiger partial charge on any atom is -0.465 e. The first-order valence-corrected chi connectivity index (χ1v) is 11.2. The molecule has 0 bridgehead atoms. The second-order valence-corrected chi connectivity index (χ2v) is 9.82. The molecule has 4 rings (SSSR count). The number of hydrogen-bond donors (Lipinski definition) is 4. The summed E-state index contributed by atoms with van der Waals surface area (Å²) in [5, 5.41) is 12.1. The Morgan fingerprint density at radius 2 is 1.97 bits per heavy atom. The monoisotopic (exact) mass is 449 g/mol. The van der Waals surface area contributed by atoms with E-state index >= 15 is 0 Å². The van der Waals surface area contributed by atoms with Gasteiger partial charge in [0.25, 0.3) is 5.91 Å². The highest BCUT2D eigenvalue weighted by Gasteiger charge is 2.39. The summed E-state index contributed by atoms with van der Waals surface area (Å²) in [6.45, 7) is 7.94. The molecule has 1 aromatic heterocycles. The molecule has 2 heterocycles. The van der Waals surface area contributed by atoms with E-state index in [1.54, 1.807) is 12.1 Å². The number of imidazole rings is 1. The topological polar surface area (TPSA) is 124 Å². The Morgan fingerprint density at radius 1 is 1.24 bits per heavy atom. The Bertz CT molecular complexity index is 1160. The largest absolute Gasteiger partial charge is 0.465 e. The molecule has 8 nitrogen and oxygen atoms in total. The lowest BCUT2D eigenvalue weighted by Gasteiger charge is -2.39. The second kappa shape index (κ2) is 8.86. The number of rotatable bonds is 6. The van der Waals surface area contributed by atoms with Crippen LogP contribution in [0.25, 0.3) is 22.4 Å². The number of nitrogens with zero attached hydrogens (tertiary/aromatic N) is 2. The van der Waals surface area contributed by atoms with Crippen LogP contribution in [0.15, 0.2) is 42.5 Å². The van der Waals surface area contributed by atoms with Crippen LogP contribution < -0.4 is 11.1 Å². The molecule has 1 aliphatic rings. The summed E-state index contributed by atoms with van der Waals surface area (Å²) < 4.78 is 0. The van der Waals surface area contributed by atoms with Crippen molar-refractivity contribution in [3.63, 3.8) is 0 Å². The highest BCUT2D eigenvalue weighted by molar-refractivity contribution is 6.04. The van der Waals surface area contributed by atoms with Gasteiger partial charge in [0.05, 0.1) is 17.1 Å². The number of benzene rings is 2. The van der Waals surface area contributed by atoms with Gasteiger partial charge in [-0.05, 0) is 42.5 Å². The highest BCUT2D eigenvalue weighted by Crippen LogP contribution is 2.32. The SMILES string of the molecule is CC(C)(C)C(NC(=O)O)C1CCCN1Cc1ccc(-c2nc3c(C(N)=O)cccc3[nH]2)cc1. The standard InChI is InChI=1S/C25H31N5O3/c1-25(2,3)21(29-24(32)33)19-8-5-13-30(19)14-15-9-11-16(12-10-15)23-27-18-7-4-6-17(22(26)31)20(18)28-23/h4,6-7,9-12,19,21,29H,5,8,13-14H2,1-3H3,(H2,26,31)(H,27,28)(H,32,33). The average molecular weight is 450 g/mol. The zero-order chi connectivity index (χ0) is 23.8. The molecule has 2 amide bonds. The van der Waals surface area contributed by atoms with Gasteiger partial charge in [-0.2, -0.15) is 0 Å². The van der Waals surface area contributed by atoms with E-state index in [0.29, 0.717) is 16.9 Å². The van der Waals surface area contributed by atoms with E-state index in [-0.39, 0.29) is 17.5 Å². The molecule has 33 heavy (non-hydrogen) atoms. The van der Waals surface area contributed by atoms with Crippen LogP contribution in [0.3, 0.4) is 0 Å². The molecule has 1 saturated heterocycles. The van der Waals surface area contributed by atoms with Crippen LogP contribution in [0.5, 0.6) is 0 Å². The lowest BCUT2D eigenvalue weighted by molar-refractivity contribution is 0.100. The van der Waals surface area contributed by atoms with Crippen molar-refractivity contribution in [2.45, 2.75) is 52.2 Å². The Hall–Kier alpha value is -3.39. The Labute approximate surface area is 193 Å². The third-order valence-electron chi connectivity index (χ3n) is 6.40. The summed E-state index contributed by atoms with van der Waals surface area (Å²) in [7, 11) is 0. The van der Waals surface area contributed by atoms with E-state index < -0.39 is 12.0 Å². The number of fused-ring (bicyclic) bond motifs is 1. The third-order valence-corrected chi connectivity index (χ3v) is 6.40. The van der Waals surface area contributed by atoms with Crippen molar-refractivity contribution in [2.24, 2.45) is 11.1 Å². The summed E-state index contributed by atoms with van der Waals surface area (Å²) in [5.74, 6) is 0.183. The number of likely N-dealkylation sites (tertiary alicyclic amines) is 1. The third kappa shape index (κ3) is 4.85. The molecule has 8 heteroatoms. The molecule has 2 atom stereocenters. The zero-order valence-corrected chi connectivity index (χ0v) is 19.3. The summed E-state index contributed by atoms with van der Waals surface area (Å²) in [5.41, 5.74) is 9.11. The van der Waals surface area contributed by atoms with Crippen LogP contribution in [0.4, 0.5) is 4.79 Å². The maximum Gasteiger partial charge on any atom is 0.404 e. The van der Waals surface area contributed by atoms with Gasteiger partial charge >= 0.3 is 6.09 Å². The molecule has 0 radical (unpaired) electrons. The number of para-hydroxylation sites is 1. The van der Waals surface area contributed by atoms with Gasteiger partial charge < -0.3 is 21.1 Å². The minimum atomic E-state index is -0.976. The van der Waals surface area contributed by atoms with Crippen molar-refractivity contribution < 1.29 is 14.7 Å². The fourth-order valence-corrected chi connectivity index (χ4v) is 4.82. The first-order valence-electron chi connectivity index (χ1n) is 11.2. The molecule has 1 fully saturated rings. The predicted molar refractivity (Wildman–Crippen MR) is 128 cm³/mol. The number of H-pyrrole nitrogens is 1. The number of carbonyl (C=O) groups excluding carboxylic acids is 1. The Balaban J connectivity index is 1.53. The summed E-state index contributed by atoms with van der Waals surface area (Å²) in [6.07, 6.45) is 1.05. The van der Waals surface area contributed by atoms with Gasteiger partial charge in [0.15, 0.2) is 0 Å². The Morgan fingerprint density at radius 3 is 2.61 bits per heavy atom. The van der Waals surface area contributed by atoms with Crippen molar-refractivity contribution in [1.29, 1.82) is 0 Å². The van der Waals surface area contributed by atoms with Gasteiger partial charge in [-0.1, -0.05) is 51.1 Å². The van der Waals surface area contributed by atoms with E-state index in [4.69, 9.17) is 5.73 Å². The number of primary amides is 1. The van der Waals surface area contributed by atoms with Crippen molar-refractivity contribution in [2.75, 3.05) is 6.54 Å². The van der Waals surface area contributed by atoms with Crippen LogP contribution in [-0.2, 0) is 6.54 Å². The number of aromatic nitrogens is 2. The van der Waals surface area contributed by atoms with Crippen LogP contribution >= 0.6 is 0 Å². The quantitative estimate of drug-likeness (QED) is 0.453. The van der Waals surface area contributed by atoms with Crippen LogP contribution in [-0.4, -0.2) is 50.6 Å². The lowest BCUT2D eigenvalue weighted by atomic mass is 9.81. The molecule has 0 spiro atoms. The minimum absolute atomic E-state index is 0.147. The molecule has 1 aliphatic heterocycles. The van der Waals surface area contributed by atoms with E-state index in [1.165, 1.54) is 0 Å². The lowest BCUT2D eigenvalue weighted by Crippen LogP contribution is -2.54. The molecule has 3 aromatic rings. The summed E-state index contributed by atoms with van der Waals surface area (Å²) >= 11 is 0. The number of nitrogens with one attached hydrogen (secondary N) is 2. The zero-order valence-electron chi connectivity index (χ0n) is 19.3. The van der Waals surface area contributed by atoms with Crippen molar-refractivity contribution in [1.82, 2.24) is 20.2 Å². The molecule has 2 aromatic carbocycles. The smallest absolute Gasteiger partial charge is 0.404 e. The average Bonchev–Trinajstić information content (AvgIpc) is 3.38. The number of aromatic amines is 1. The van der Waals surface area contributed by atoms with Gasteiger partial charge in [-0.25, -0.2) is 9.78 Å². The molecule has 2 unspecified atom stereocenters. The van der Waals surface area contributed by atoms with Gasteiger partial charge in [-0.3, -0.25) is 9.69 Å². The normalized spacial score (nSPS) is 17.8. The summed E-state index contributed by atoms with van der Waals surface area (Å²) in [4.78, 5) is 33.3. The summed E-state index contributed by atoms with van der Waals surface area (Å²) in [6, 6.07) is 13.5. The van der Waals surface area contributed by atoms with E-state index in [2.05, 4.69) is 53.1 Å². The molecule has 5 N–H and O–H groups in total. The first-order chi connectivity index (χ1) is 15.6. The van der Waals surface area contributed by atoms with E-state index in [9.17, 15) is 14.7 Å². The first kappa shape index (κ1) is 22.8. The fraction of sp³-hybridized carbons (Fsp3) is 0.400.